The van der Waals surface area contributed by atoms with E-state index in [1.165, 1.54) is 12.1 Å². The largest absolute Gasteiger partial charge is 0.452 e. The van der Waals surface area contributed by atoms with Crippen LogP contribution in [0.25, 0.3) is 0 Å². The third kappa shape index (κ3) is 4.70. The molecule has 2 aromatic rings. The number of rotatable bonds is 5. The number of nitrogens with zero attached hydrogens (tertiary/aromatic N) is 1. The molecule has 0 atom stereocenters. The van der Waals surface area contributed by atoms with Crippen molar-refractivity contribution in [1.82, 2.24) is 0 Å². The molecule has 0 unspecified atom stereocenters. The predicted molar refractivity (Wildman–Crippen MR) is 83.4 cm³/mol. The second-order valence-electron chi connectivity index (χ2n) is 4.67. The molecule has 0 fully saturated rings. The summed E-state index contributed by atoms with van der Waals surface area (Å²) in [5, 5.41) is 13.2. The number of esters is 1. The number of hydrogen-bond donors (Lipinski definition) is 1. The van der Waals surface area contributed by atoms with Crippen LogP contribution in [0.15, 0.2) is 36.4 Å². The summed E-state index contributed by atoms with van der Waals surface area (Å²) in [5.74, 6) is -4.08. The standard InChI is InChI=1S/C15H9ClF2N2O5/c16-8-1-4-12(13(5-8)20(23)24)19-14(21)7-25-15(22)10-3-2-9(17)6-11(10)18/h1-6H,7H2,(H,19,21). The number of carbonyl (C=O) groups is 2. The molecule has 130 valence electrons. The average Bonchev–Trinajstić information content (AvgIpc) is 2.54. The lowest BCUT2D eigenvalue weighted by Gasteiger charge is -2.08. The van der Waals surface area contributed by atoms with Crippen molar-refractivity contribution in [1.29, 1.82) is 0 Å². The summed E-state index contributed by atoms with van der Waals surface area (Å²) in [6, 6.07) is 5.79. The minimum Gasteiger partial charge on any atom is -0.452 e. The summed E-state index contributed by atoms with van der Waals surface area (Å²) in [7, 11) is 0. The van der Waals surface area contributed by atoms with Crippen molar-refractivity contribution >= 4 is 34.9 Å². The maximum absolute atomic E-state index is 13.4. The van der Waals surface area contributed by atoms with Gasteiger partial charge in [0, 0.05) is 17.2 Å². The second kappa shape index (κ2) is 7.67. The first-order valence-corrected chi connectivity index (χ1v) is 7.01. The van der Waals surface area contributed by atoms with Crippen LogP contribution in [0.4, 0.5) is 20.2 Å². The summed E-state index contributed by atoms with van der Waals surface area (Å²) in [6.45, 7) is -0.824. The van der Waals surface area contributed by atoms with Crippen molar-refractivity contribution < 1.29 is 28.0 Å². The van der Waals surface area contributed by atoms with Gasteiger partial charge in [-0.15, -0.1) is 0 Å². The quantitative estimate of drug-likeness (QED) is 0.494. The highest BCUT2D eigenvalue weighted by atomic mass is 35.5. The molecule has 0 heterocycles. The van der Waals surface area contributed by atoms with Gasteiger partial charge in [0.25, 0.3) is 11.6 Å². The molecule has 1 amide bonds. The van der Waals surface area contributed by atoms with Crippen molar-refractivity contribution in [2.45, 2.75) is 0 Å². The SMILES string of the molecule is O=C(COC(=O)c1ccc(F)cc1F)Nc1ccc(Cl)cc1[N+](=O)[O-]. The van der Waals surface area contributed by atoms with Gasteiger partial charge in [-0.2, -0.15) is 0 Å². The number of halogens is 3. The van der Waals surface area contributed by atoms with Crippen LogP contribution in [-0.4, -0.2) is 23.4 Å². The highest BCUT2D eigenvalue weighted by molar-refractivity contribution is 6.31. The van der Waals surface area contributed by atoms with E-state index in [1.807, 2.05) is 0 Å². The van der Waals surface area contributed by atoms with E-state index in [0.717, 1.165) is 18.2 Å². The number of nitrogens with one attached hydrogen (secondary N) is 1. The Morgan fingerprint density at radius 2 is 1.92 bits per heavy atom. The molecule has 0 spiro atoms. The number of anilines is 1. The molecule has 1 N–H and O–H groups in total. The monoisotopic (exact) mass is 370 g/mol. The number of hydrogen-bond acceptors (Lipinski definition) is 5. The number of nitro benzene ring substituents is 1. The number of benzene rings is 2. The summed E-state index contributed by atoms with van der Waals surface area (Å²) in [6.07, 6.45) is 0. The molecular formula is C15H9ClF2N2O5. The maximum Gasteiger partial charge on any atom is 0.341 e. The van der Waals surface area contributed by atoms with E-state index in [0.29, 0.717) is 6.07 Å². The fourth-order valence-electron chi connectivity index (χ4n) is 1.81. The smallest absolute Gasteiger partial charge is 0.341 e. The highest BCUT2D eigenvalue weighted by Gasteiger charge is 2.19. The average molecular weight is 371 g/mol. The third-order valence-electron chi connectivity index (χ3n) is 2.92. The van der Waals surface area contributed by atoms with Gasteiger partial charge in [-0.05, 0) is 24.3 Å². The van der Waals surface area contributed by atoms with Crippen molar-refractivity contribution in [3.05, 3.63) is 68.7 Å². The van der Waals surface area contributed by atoms with E-state index >= 15 is 0 Å². The zero-order chi connectivity index (χ0) is 18.6. The van der Waals surface area contributed by atoms with Gasteiger partial charge in [0.15, 0.2) is 6.61 Å². The van der Waals surface area contributed by atoms with Crippen LogP contribution < -0.4 is 5.32 Å². The van der Waals surface area contributed by atoms with Crippen LogP contribution in [0.5, 0.6) is 0 Å². The topological polar surface area (TPSA) is 98.5 Å². The van der Waals surface area contributed by atoms with Crippen molar-refractivity contribution in [3.8, 4) is 0 Å². The Bertz CT molecular complexity index is 860. The molecule has 0 aliphatic rings. The van der Waals surface area contributed by atoms with Crippen LogP contribution in [0, 0.1) is 21.7 Å². The van der Waals surface area contributed by atoms with Crippen LogP contribution in [-0.2, 0) is 9.53 Å². The molecule has 0 bridgehead atoms. The predicted octanol–water partition coefficient (Wildman–Crippen LogP) is 3.32. The molecule has 0 aliphatic heterocycles. The minimum atomic E-state index is -1.18. The lowest BCUT2D eigenvalue weighted by Crippen LogP contribution is -2.21. The molecule has 10 heteroatoms. The fraction of sp³-hybridized carbons (Fsp3) is 0.0667. The zero-order valence-corrected chi connectivity index (χ0v) is 13.0. The molecule has 0 aliphatic carbocycles. The van der Waals surface area contributed by atoms with Gasteiger partial charge in [-0.3, -0.25) is 14.9 Å². The Hall–Kier alpha value is -3.07. The van der Waals surface area contributed by atoms with E-state index in [2.05, 4.69) is 10.1 Å². The summed E-state index contributed by atoms with van der Waals surface area (Å²) < 4.78 is 30.8. The summed E-state index contributed by atoms with van der Waals surface area (Å²) >= 11 is 5.65. The number of carbonyl (C=O) groups excluding carboxylic acids is 2. The summed E-state index contributed by atoms with van der Waals surface area (Å²) in [4.78, 5) is 33.6. The minimum absolute atomic E-state index is 0.0999. The number of nitro groups is 1. The molecule has 2 rings (SSSR count). The van der Waals surface area contributed by atoms with Crippen LogP contribution >= 0.6 is 11.6 Å². The van der Waals surface area contributed by atoms with Crippen LogP contribution in [0.3, 0.4) is 0 Å². The Morgan fingerprint density at radius 3 is 2.56 bits per heavy atom. The Balaban J connectivity index is 2.01. The normalized spacial score (nSPS) is 10.2. The highest BCUT2D eigenvalue weighted by Crippen LogP contribution is 2.27. The first kappa shape index (κ1) is 18.3. The van der Waals surface area contributed by atoms with Gasteiger partial charge in [-0.25, -0.2) is 13.6 Å². The third-order valence-corrected chi connectivity index (χ3v) is 3.15. The Labute approximate surface area is 144 Å². The van der Waals surface area contributed by atoms with Gasteiger partial charge in [-0.1, -0.05) is 11.6 Å². The van der Waals surface area contributed by atoms with Gasteiger partial charge in [0.05, 0.1) is 10.5 Å². The van der Waals surface area contributed by atoms with E-state index < -0.39 is 46.3 Å². The lowest BCUT2D eigenvalue weighted by atomic mass is 10.2. The Kier molecular flexibility index (Phi) is 5.60. The number of ether oxygens (including phenoxy) is 1. The number of amides is 1. The van der Waals surface area contributed by atoms with Crippen LogP contribution in [0.2, 0.25) is 5.02 Å². The first-order valence-electron chi connectivity index (χ1n) is 6.64. The van der Waals surface area contributed by atoms with Crippen molar-refractivity contribution in [2.24, 2.45) is 0 Å². The first-order chi connectivity index (χ1) is 11.8. The molecule has 2 aromatic carbocycles. The molecule has 0 saturated carbocycles. The lowest BCUT2D eigenvalue weighted by molar-refractivity contribution is -0.383. The molecular weight excluding hydrogens is 362 g/mol. The van der Waals surface area contributed by atoms with E-state index in [9.17, 15) is 28.5 Å². The van der Waals surface area contributed by atoms with E-state index in [4.69, 9.17) is 11.6 Å². The van der Waals surface area contributed by atoms with Crippen molar-refractivity contribution in [2.75, 3.05) is 11.9 Å². The molecule has 25 heavy (non-hydrogen) atoms. The van der Waals surface area contributed by atoms with E-state index in [1.54, 1.807) is 0 Å². The molecule has 0 radical (unpaired) electrons. The van der Waals surface area contributed by atoms with Crippen LogP contribution in [0.1, 0.15) is 10.4 Å². The van der Waals surface area contributed by atoms with Crippen molar-refractivity contribution in [3.63, 3.8) is 0 Å². The zero-order valence-electron chi connectivity index (χ0n) is 12.3. The van der Waals surface area contributed by atoms with Gasteiger partial charge in [0.1, 0.15) is 17.3 Å². The van der Waals surface area contributed by atoms with Gasteiger partial charge < -0.3 is 10.1 Å². The summed E-state index contributed by atoms with van der Waals surface area (Å²) in [5.41, 5.74) is -1.15. The maximum atomic E-state index is 13.4. The molecule has 0 aromatic heterocycles. The van der Waals surface area contributed by atoms with Gasteiger partial charge >= 0.3 is 5.97 Å². The fourth-order valence-corrected chi connectivity index (χ4v) is 1.98. The molecule has 7 nitrogen and oxygen atoms in total. The second-order valence-corrected chi connectivity index (χ2v) is 5.10. The van der Waals surface area contributed by atoms with Gasteiger partial charge in [0.2, 0.25) is 0 Å². The Morgan fingerprint density at radius 1 is 1.20 bits per heavy atom. The molecule has 0 saturated heterocycles. The van der Waals surface area contributed by atoms with E-state index in [-0.39, 0.29) is 10.7 Å².